The third-order valence-corrected chi connectivity index (χ3v) is 5.67. The van der Waals surface area contributed by atoms with Crippen LogP contribution in [0.5, 0.6) is 0 Å². The Morgan fingerprint density at radius 3 is 2.32 bits per heavy atom. The molecule has 0 saturated carbocycles. The number of piperazine rings is 1. The maximum atomic E-state index is 12.9. The number of piperidine rings is 1. The normalized spacial score (nSPS) is 20.1. The molecule has 1 atom stereocenters. The number of ether oxygens (including phenoxy) is 1. The van der Waals surface area contributed by atoms with E-state index in [1.54, 1.807) is 17.0 Å². The van der Waals surface area contributed by atoms with Gasteiger partial charge in [-0.3, -0.25) is 19.3 Å². The van der Waals surface area contributed by atoms with Gasteiger partial charge in [0.2, 0.25) is 5.91 Å². The van der Waals surface area contributed by atoms with E-state index in [2.05, 4.69) is 4.90 Å². The highest BCUT2D eigenvalue weighted by Gasteiger charge is 2.34. The molecule has 28 heavy (non-hydrogen) atoms. The highest BCUT2D eigenvalue weighted by molar-refractivity contribution is 5.91. The van der Waals surface area contributed by atoms with Crippen molar-refractivity contribution in [1.82, 2.24) is 14.7 Å². The minimum Gasteiger partial charge on any atom is -0.466 e. The monoisotopic (exact) mass is 391 g/mol. The summed E-state index contributed by atoms with van der Waals surface area (Å²) in [6, 6.07) is 3.12. The number of carbonyl (C=O) groups is 3. The molecule has 2 aliphatic heterocycles. The van der Waals surface area contributed by atoms with Crippen LogP contribution in [0.4, 0.5) is 0 Å². The van der Waals surface area contributed by atoms with Crippen molar-refractivity contribution in [1.29, 1.82) is 0 Å². The van der Waals surface area contributed by atoms with Crippen LogP contribution in [0.2, 0.25) is 0 Å². The Labute approximate surface area is 165 Å². The van der Waals surface area contributed by atoms with Gasteiger partial charge in [-0.15, -0.1) is 0 Å². The molecule has 2 fully saturated rings. The number of amides is 2. The Morgan fingerprint density at radius 1 is 1.11 bits per heavy atom. The van der Waals surface area contributed by atoms with Crippen molar-refractivity contribution in [2.24, 2.45) is 5.92 Å². The molecule has 1 aromatic rings. The van der Waals surface area contributed by atoms with E-state index < -0.39 is 0 Å². The highest BCUT2D eigenvalue weighted by atomic mass is 16.5. The van der Waals surface area contributed by atoms with E-state index in [0.717, 1.165) is 12.8 Å². The van der Waals surface area contributed by atoms with Gasteiger partial charge in [0.25, 0.3) is 5.91 Å². The molecule has 8 heteroatoms. The number of furan rings is 1. The van der Waals surface area contributed by atoms with Crippen LogP contribution in [0.1, 0.15) is 37.2 Å². The Bertz CT molecular complexity index is 674. The number of esters is 1. The number of likely N-dealkylation sites (tertiary alicyclic amines) is 1. The van der Waals surface area contributed by atoms with Gasteiger partial charge in [0, 0.05) is 26.2 Å². The molecular weight excluding hydrogens is 362 g/mol. The molecule has 0 bridgehead atoms. The van der Waals surface area contributed by atoms with Crippen molar-refractivity contribution in [2.45, 2.75) is 32.7 Å². The average molecular weight is 391 g/mol. The maximum absolute atomic E-state index is 12.9. The van der Waals surface area contributed by atoms with Crippen molar-refractivity contribution >= 4 is 17.8 Å². The maximum Gasteiger partial charge on any atom is 0.309 e. The molecule has 1 unspecified atom stereocenters. The van der Waals surface area contributed by atoms with Gasteiger partial charge in [-0.25, -0.2) is 0 Å². The molecule has 2 saturated heterocycles. The van der Waals surface area contributed by atoms with Gasteiger partial charge in [0.05, 0.1) is 24.8 Å². The zero-order valence-corrected chi connectivity index (χ0v) is 16.6. The fraction of sp³-hybridized carbons (Fsp3) is 0.650. The second kappa shape index (κ2) is 9.23. The van der Waals surface area contributed by atoms with Crippen LogP contribution in [0.25, 0.3) is 0 Å². The van der Waals surface area contributed by atoms with E-state index in [1.165, 1.54) is 6.26 Å². The average Bonchev–Trinajstić information content (AvgIpc) is 3.27. The molecule has 0 N–H and O–H groups in total. The first-order valence-corrected chi connectivity index (χ1v) is 10.0. The summed E-state index contributed by atoms with van der Waals surface area (Å²) in [6.07, 6.45) is 2.93. The van der Waals surface area contributed by atoms with Crippen LogP contribution in [0.3, 0.4) is 0 Å². The van der Waals surface area contributed by atoms with E-state index in [9.17, 15) is 14.4 Å². The van der Waals surface area contributed by atoms with Gasteiger partial charge in [-0.2, -0.15) is 0 Å². The van der Waals surface area contributed by atoms with E-state index in [1.807, 2.05) is 18.7 Å². The Hall–Kier alpha value is -2.35. The van der Waals surface area contributed by atoms with Crippen molar-refractivity contribution in [3.8, 4) is 0 Å². The first kappa shape index (κ1) is 20.4. The minimum atomic E-state index is -0.226. The lowest BCUT2D eigenvalue weighted by atomic mass is 9.96. The Morgan fingerprint density at radius 2 is 1.75 bits per heavy atom. The summed E-state index contributed by atoms with van der Waals surface area (Å²) in [4.78, 5) is 42.8. The molecule has 154 valence electrons. The van der Waals surface area contributed by atoms with Crippen LogP contribution in [0, 0.1) is 5.92 Å². The van der Waals surface area contributed by atoms with Crippen LogP contribution in [0.15, 0.2) is 22.8 Å². The molecule has 0 radical (unpaired) electrons. The summed E-state index contributed by atoms with van der Waals surface area (Å²) in [7, 11) is 0. The van der Waals surface area contributed by atoms with Crippen LogP contribution >= 0.6 is 0 Å². The summed E-state index contributed by atoms with van der Waals surface area (Å²) in [6.45, 7) is 7.63. The zero-order chi connectivity index (χ0) is 20.1. The predicted octanol–water partition coefficient (Wildman–Crippen LogP) is 1.23. The Balaban J connectivity index is 1.46. The van der Waals surface area contributed by atoms with Crippen LogP contribution in [-0.4, -0.2) is 84.4 Å². The fourth-order valence-corrected chi connectivity index (χ4v) is 3.89. The van der Waals surface area contributed by atoms with Gasteiger partial charge in [-0.05, 0) is 51.9 Å². The number of hydrogen-bond donors (Lipinski definition) is 0. The number of rotatable bonds is 5. The molecule has 3 rings (SSSR count). The third kappa shape index (κ3) is 4.55. The van der Waals surface area contributed by atoms with Gasteiger partial charge in [0.15, 0.2) is 5.76 Å². The second-order valence-corrected chi connectivity index (χ2v) is 7.33. The first-order valence-electron chi connectivity index (χ1n) is 10.0. The number of nitrogens with zero attached hydrogens (tertiary/aromatic N) is 3. The molecule has 0 spiro atoms. The van der Waals surface area contributed by atoms with E-state index >= 15 is 0 Å². The van der Waals surface area contributed by atoms with Gasteiger partial charge in [-0.1, -0.05) is 0 Å². The molecule has 8 nitrogen and oxygen atoms in total. The van der Waals surface area contributed by atoms with E-state index in [0.29, 0.717) is 51.6 Å². The molecule has 2 aliphatic rings. The largest absolute Gasteiger partial charge is 0.466 e. The quantitative estimate of drug-likeness (QED) is 0.702. The summed E-state index contributed by atoms with van der Waals surface area (Å²) in [5, 5.41) is 0. The topological polar surface area (TPSA) is 83.3 Å². The van der Waals surface area contributed by atoms with Gasteiger partial charge >= 0.3 is 5.97 Å². The molecule has 2 amide bonds. The Kier molecular flexibility index (Phi) is 6.72. The lowest BCUT2D eigenvalue weighted by molar-refractivity contribution is -0.150. The lowest BCUT2D eigenvalue weighted by Crippen LogP contribution is -2.56. The third-order valence-electron chi connectivity index (χ3n) is 5.67. The second-order valence-electron chi connectivity index (χ2n) is 7.33. The van der Waals surface area contributed by atoms with E-state index in [-0.39, 0.29) is 29.7 Å². The molecule has 0 aromatic carbocycles. The number of hydrogen-bond acceptors (Lipinski definition) is 6. The molecule has 1 aromatic heterocycles. The SMILES string of the molecule is CCOC(=O)C1CCN(C(C)C(=O)N2CCN(C(=O)c3ccco3)CC2)CC1. The lowest BCUT2D eigenvalue weighted by Gasteiger charge is -2.39. The standard InChI is InChI=1S/C20H29N3O5/c1-3-27-20(26)16-6-8-21(9-7-16)15(2)18(24)22-10-12-23(13-11-22)19(25)17-5-4-14-28-17/h4-5,14-16H,3,6-13H2,1-2H3. The number of carbonyl (C=O) groups excluding carboxylic acids is 3. The fourth-order valence-electron chi connectivity index (χ4n) is 3.89. The predicted molar refractivity (Wildman–Crippen MR) is 102 cm³/mol. The molecule has 3 heterocycles. The molecule has 0 aliphatic carbocycles. The van der Waals surface area contributed by atoms with Crippen molar-refractivity contribution in [3.63, 3.8) is 0 Å². The summed E-state index contributed by atoms with van der Waals surface area (Å²) in [5.74, 6) is 0.0941. The summed E-state index contributed by atoms with van der Waals surface area (Å²) in [5.41, 5.74) is 0. The minimum absolute atomic E-state index is 0.0605. The molecular formula is C20H29N3O5. The van der Waals surface area contributed by atoms with Crippen LogP contribution < -0.4 is 0 Å². The summed E-state index contributed by atoms with van der Waals surface area (Å²) < 4.78 is 10.3. The van der Waals surface area contributed by atoms with Gasteiger partial charge in [0.1, 0.15) is 0 Å². The highest BCUT2D eigenvalue weighted by Crippen LogP contribution is 2.21. The van der Waals surface area contributed by atoms with Crippen molar-refractivity contribution in [2.75, 3.05) is 45.9 Å². The summed E-state index contributed by atoms with van der Waals surface area (Å²) >= 11 is 0. The van der Waals surface area contributed by atoms with Crippen molar-refractivity contribution < 1.29 is 23.5 Å². The van der Waals surface area contributed by atoms with E-state index in [4.69, 9.17) is 9.15 Å². The van der Waals surface area contributed by atoms with Gasteiger partial charge < -0.3 is 19.0 Å². The first-order chi connectivity index (χ1) is 13.5. The van der Waals surface area contributed by atoms with Crippen molar-refractivity contribution in [3.05, 3.63) is 24.2 Å². The zero-order valence-electron chi connectivity index (χ0n) is 16.6. The smallest absolute Gasteiger partial charge is 0.309 e. The van der Waals surface area contributed by atoms with Crippen LogP contribution in [-0.2, 0) is 14.3 Å².